The van der Waals surface area contributed by atoms with Crippen molar-refractivity contribution in [1.29, 1.82) is 0 Å². The quantitative estimate of drug-likeness (QED) is 0.619. The summed E-state index contributed by atoms with van der Waals surface area (Å²) >= 11 is 0. The molecule has 1 aliphatic rings. The maximum Gasteiger partial charge on any atom is 0.252 e. The number of halogens is 1. The third kappa shape index (κ3) is 5.78. The second kappa shape index (κ2) is 10.5. The molecule has 1 atom stereocenters. The zero-order chi connectivity index (χ0) is 22.3. The maximum absolute atomic E-state index is 13.5. The number of nitrogens with zero attached hydrogens (tertiary/aromatic N) is 3. The average molecular weight is 433 g/mol. The zero-order valence-corrected chi connectivity index (χ0v) is 18.4. The van der Waals surface area contributed by atoms with Gasteiger partial charge in [0, 0.05) is 56.9 Å². The van der Waals surface area contributed by atoms with E-state index in [2.05, 4.69) is 39.3 Å². The molecule has 0 spiro atoms. The highest BCUT2D eigenvalue weighted by atomic mass is 19.1. The number of benzene rings is 2. The molecule has 166 valence electrons. The molecule has 0 saturated carbocycles. The molecule has 1 saturated heterocycles. The van der Waals surface area contributed by atoms with Gasteiger partial charge in [-0.3, -0.25) is 9.78 Å². The highest BCUT2D eigenvalue weighted by Gasteiger charge is 2.20. The number of likely N-dealkylation sites (N-methyl/N-ethyl adjacent to an activating group) is 1. The van der Waals surface area contributed by atoms with Crippen LogP contribution in [0, 0.1) is 5.82 Å². The molecule has 1 unspecified atom stereocenters. The number of carbonyl (C=O) groups is 1. The van der Waals surface area contributed by atoms with Crippen LogP contribution in [-0.4, -0.2) is 67.0 Å². The second-order valence-electron chi connectivity index (χ2n) is 8.36. The van der Waals surface area contributed by atoms with Gasteiger partial charge in [-0.1, -0.05) is 42.5 Å². The Morgan fingerprint density at radius 1 is 1.03 bits per heavy atom. The predicted octanol–water partition coefficient (Wildman–Crippen LogP) is 3.65. The van der Waals surface area contributed by atoms with Gasteiger partial charge in [-0.2, -0.15) is 0 Å². The number of aromatic nitrogens is 1. The van der Waals surface area contributed by atoms with Crippen molar-refractivity contribution in [2.24, 2.45) is 0 Å². The summed E-state index contributed by atoms with van der Waals surface area (Å²) in [7, 11) is 2.15. The summed E-state index contributed by atoms with van der Waals surface area (Å²) in [6.45, 7) is 5.68. The highest BCUT2D eigenvalue weighted by Crippen LogP contribution is 2.19. The lowest BCUT2D eigenvalue weighted by Crippen LogP contribution is -2.46. The van der Waals surface area contributed by atoms with Crippen LogP contribution in [0.2, 0.25) is 0 Å². The largest absolute Gasteiger partial charge is 0.351 e. The molecule has 1 aromatic heterocycles. The zero-order valence-electron chi connectivity index (χ0n) is 18.4. The van der Waals surface area contributed by atoms with Crippen molar-refractivity contribution < 1.29 is 9.18 Å². The van der Waals surface area contributed by atoms with Gasteiger partial charge in [0.05, 0.1) is 11.3 Å². The number of hydrogen-bond acceptors (Lipinski definition) is 4. The topological polar surface area (TPSA) is 48.5 Å². The number of amides is 1. The lowest BCUT2D eigenvalue weighted by Gasteiger charge is -2.34. The number of piperazine rings is 1. The van der Waals surface area contributed by atoms with Gasteiger partial charge in [0.1, 0.15) is 5.82 Å². The summed E-state index contributed by atoms with van der Waals surface area (Å²) in [5.41, 5.74) is 3.05. The van der Waals surface area contributed by atoms with Crippen molar-refractivity contribution in [3.05, 3.63) is 89.9 Å². The summed E-state index contributed by atoms with van der Waals surface area (Å²) in [5.74, 6) is -0.246. The minimum atomic E-state index is -0.307. The summed E-state index contributed by atoms with van der Waals surface area (Å²) in [6.07, 6.45) is 1.55. The molecule has 5 nitrogen and oxygen atoms in total. The summed E-state index contributed by atoms with van der Waals surface area (Å²) in [6, 6.07) is 20.1. The molecule has 32 heavy (non-hydrogen) atoms. The van der Waals surface area contributed by atoms with Gasteiger partial charge in [-0.05, 0) is 36.9 Å². The fourth-order valence-corrected chi connectivity index (χ4v) is 4.02. The monoisotopic (exact) mass is 432 g/mol. The van der Waals surface area contributed by atoms with E-state index in [-0.39, 0.29) is 17.6 Å². The summed E-state index contributed by atoms with van der Waals surface area (Å²) in [5, 5.41) is 3.09. The molecule has 1 amide bonds. The Balaban J connectivity index is 1.40. The Kier molecular flexibility index (Phi) is 7.24. The molecule has 4 rings (SSSR count). The molecule has 0 radical (unpaired) electrons. The molecule has 1 aliphatic heterocycles. The van der Waals surface area contributed by atoms with Crippen LogP contribution in [0.5, 0.6) is 0 Å². The predicted molar refractivity (Wildman–Crippen MR) is 125 cm³/mol. The van der Waals surface area contributed by atoms with Crippen LogP contribution in [0.3, 0.4) is 0 Å². The molecule has 2 heterocycles. The van der Waals surface area contributed by atoms with E-state index in [1.54, 1.807) is 30.5 Å². The van der Waals surface area contributed by atoms with Crippen LogP contribution in [0.4, 0.5) is 4.39 Å². The number of nitrogens with one attached hydrogen (secondary N) is 1. The molecular weight excluding hydrogens is 403 g/mol. The fraction of sp³-hybridized carbons (Fsp3) is 0.308. The first-order valence-corrected chi connectivity index (χ1v) is 11.0. The van der Waals surface area contributed by atoms with Crippen molar-refractivity contribution in [2.45, 2.75) is 5.92 Å². The summed E-state index contributed by atoms with van der Waals surface area (Å²) < 4.78 is 13.5. The molecule has 3 aromatic rings. The van der Waals surface area contributed by atoms with Gasteiger partial charge in [-0.15, -0.1) is 0 Å². The van der Waals surface area contributed by atoms with Crippen LogP contribution in [0.25, 0.3) is 11.3 Å². The van der Waals surface area contributed by atoms with Crippen LogP contribution in [-0.2, 0) is 0 Å². The van der Waals surface area contributed by atoms with E-state index in [4.69, 9.17) is 0 Å². The highest BCUT2D eigenvalue weighted by molar-refractivity contribution is 5.94. The standard InChI is InChI=1S/C26H29FN4O/c1-30-12-14-31(15-13-30)19-23(20-6-3-2-4-7-20)18-29-26(32)22-10-11-25(28-17-22)21-8-5-9-24(27)16-21/h2-11,16-17,23H,12-15,18-19H2,1H3,(H,29,32). The lowest BCUT2D eigenvalue weighted by atomic mass is 9.98. The Morgan fingerprint density at radius 3 is 2.50 bits per heavy atom. The van der Waals surface area contributed by atoms with Gasteiger partial charge < -0.3 is 15.1 Å². The Morgan fingerprint density at radius 2 is 1.81 bits per heavy atom. The average Bonchev–Trinajstić information content (AvgIpc) is 2.83. The van der Waals surface area contributed by atoms with E-state index in [0.717, 1.165) is 32.7 Å². The van der Waals surface area contributed by atoms with Crippen molar-refractivity contribution in [3.63, 3.8) is 0 Å². The van der Waals surface area contributed by atoms with E-state index < -0.39 is 0 Å². The molecule has 6 heteroatoms. The lowest BCUT2D eigenvalue weighted by molar-refractivity contribution is 0.0944. The van der Waals surface area contributed by atoms with Gasteiger partial charge in [0.15, 0.2) is 0 Å². The van der Waals surface area contributed by atoms with Gasteiger partial charge >= 0.3 is 0 Å². The Labute approximate surface area is 188 Å². The van der Waals surface area contributed by atoms with E-state index in [0.29, 0.717) is 23.4 Å². The van der Waals surface area contributed by atoms with Crippen molar-refractivity contribution in [3.8, 4) is 11.3 Å². The minimum absolute atomic E-state index is 0.150. The fourth-order valence-electron chi connectivity index (χ4n) is 4.02. The maximum atomic E-state index is 13.5. The minimum Gasteiger partial charge on any atom is -0.351 e. The first kappa shape index (κ1) is 22.1. The second-order valence-corrected chi connectivity index (χ2v) is 8.36. The van der Waals surface area contributed by atoms with Crippen molar-refractivity contribution in [2.75, 3.05) is 46.3 Å². The molecule has 1 N–H and O–H groups in total. The normalized spacial score (nSPS) is 15.9. The Bertz CT molecular complexity index is 1020. The van der Waals surface area contributed by atoms with E-state index in [1.807, 2.05) is 18.2 Å². The van der Waals surface area contributed by atoms with E-state index in [1.165, 1.54) is 17.7 Å². The number of rotatable bonds is 7. The third-order valence-corrected chi connectivity index (χ3v) is 6.00. The molecule has 1 fully saturated rings. The van der Waals surface area contributed by atoms with Gasteiger partial charge in [0.2, 0.25) is 0 Å². The SMILES string of the molecule is CN1CCN(CC(CNC(=O)c2ccc(-c3cccc(F)c3)nc2)c2ccccc2)CC1. The van der Waals surface area contributed by atoms with Gasteiger partial charge in [-0.25, -0.2) is 4.39 Å². The van der Waals surface area contributed by atoms with Crippen molar-refractivity contribution in [1.82, 2.24) is 20.1 Å². The first-order valence-electron chi connectivity index (χ1n) is 11.0. The Hall–Kier alpha value is -3.09. The third-order valence-electron chi connectivity index (χ3n) is 6.00. The van der Waals surface area contributed by atoms with E-state index >= 15 is 0 Å². The molecular formula is C26H29FN4O. The van der Waals surface area contributed by atoms with Crippen LogP contribution < -0.4 is 5.32 Å². The first-order chi connectivity index (χ1) is 15.6. The van der Waals surface area contributed by atoms with E-state index in [9.17, 15) is 9.18 Å². The van der Waals surface area contributed by atoms with Crippen LogP contribution in [0.15, 0.2) is 72.9 Å². The number of hydrogen-bond donors (Lipinski definition) is 1. The van der Waals surface area contributed by atoms with Crippen LogP contribution in [0.1, 0.15) is 21.8 Å². The number of pyridine rings is 1. The van der Waals surface area contributed by atoms with Crippen molar-refractivity contribution >= 4 is 5.91 Å². The molecule has 0 bridgehead atoms. The van der Waals surface area contributed by atoms with Gasteiger partial charge in [0.25, 0.3) is 5.91 Å². The molecule has 0 aliphatic carbocycles. The number of carbonyl (C=O) groups excluding carboxylic acids is 1. The smallest absolute Gasteiger partial charge is 0.252 e. The molecule has 2 aromatic carbocycles. The summed E-state index contributed by atoms with van der Waals surface area (Å²) in [4.78, 5) is 22.0. The van der Waals surface area contributed by atoms with Crippen LogP contribution >= 0.6 is 0 Å².